The Morgan fingerprint density at radius 3 is 2.65 bits per heavy atom. The van der Waals surface area contributed by atoms with Gasteiger partial charge in [-0.1, -0.05) is 12.1 Å². The smallest absolute Gasteiger partial charge is 0.129 e. The maximum Gasteiger partial charge on any atom is 0.129 e. The molecule has 3 aromatic heterocycles. The Balaban J connectivity index is 1.84. The zero-order valence-corrected chi connectivity index (χ0v) is 13.8. The molecule has 1 atom stereocenters. The molecule has 102 valence electrons. The standard InChI is InChI=1S/C15H13BrN2S2/c16-15-12(5-1-7-17-15)18-13(14-6-3-9-20-14)10-11-4-2-8-19-11/h1-9,13,18H,10H2. The number of aromatic nitrogens is 1. The molecule has 0 spiro atoms. The molecule has 0 aliphatic heterocycles. The van der Waals surface area contributed by atoms with Crippen LogP contribution in [0.5, 0.6) is 0 Å². The Bertz CT molecular complexity index is 650. The lowest BCUT2D eigenvalue weighted by molar-refractivity contribution is 0.800. The van der Waals surface area contributed by atoms with Crippen molar-refractivity contribution in [2.45, 2.75) is 12.5 Å². The SMILES string of the molecule is Brc1ncccc1NC(Cc1cccs1)c1cccs1. The van der Waals surface area contributed by atoms with Crippen molar-refractivity contribution in [2.24, 2.45) is 0 Å². The summed E-state index contributed by atoms with van der Waals surface area (Å²) < 4.78 is 0.854. The van der Waals surface area contributed by atoms with Crippen LogP contribution in [0.25, 0.3) is 0 Å². The van der Waals surface area contributed by atoms with Crippen molar-refractivity contribution in [3.63, 3.8) is 0 Å². The molecule has 3 aromatic rings. The second-order valence-corrected chi connectivity index (χ2v) is 7.10. The Kier molecular flexibility index (Phi) is 4.50. The minimum Gasteiger partial charge on any atom is -0.375 e. The molecule has 0 aliphatic carbocycles. The van der Waals surface area contributed by atoms with E-state index < -0.39 is 0 Å². The zero-order chi connectivity index (χ0) is 13.8. The predicted molar refractivity (Wildman–Crippen MR) is 90.6 cm³/mol. The molecule has 0 saturated carbocycles. The van der Waals surface area contributed by atoms with E-state index in [1.165, 1.54) is 9.75 Å². The normalized spacial score (nSPS) is 12.2. The summed E-state index contributed by atoms with van der Waals surface area (Å²) in [6.07, 6.45) is 2.77. The highest BCUT2D eigenvalue weighted by Crippen LogP contribution is 2.30. The van der Waals surface area contributed by atoms with Crippen LogP contribution in [-0.4, -0.2) is 4.98 Å². The summed E-state index contributed by atoms with van der Waals surface area (Å²) in [5, 5.41) is 7.84. The lowest BCUT2D eigenvalue weighted by Crippen LogP contribution is -2.12. The highest BCUT2D eigenvalue weighted by atomic mass is 79.9. The third kappa shape index (κ3) is 3.29. The van der Waals surface area contributed by atoms with Crippen LogP contribution >= 0.6 is 38.6 Å². The molecule has 20 heavy (non-hydrogen) atoms. The second-order valence-electron chi connectivity index (χ2n) is 4.34. The maximum atomic E-state index is 4.27. The van der Waals surface area contributed by atoms with Crippen LogP contribution in [-0.2, 0) is 6.42 Å². The largest absolute Gasteiger partial charge is 0.375 e. The lowest BCUT2D eigenvalue weighted by Gasteiger charge is -2.18. The van der Waals surface area contributed by atoms with Gasteiger partial charge in [0, 0.05) is 22.4 Å². The van der Waals surface area contributed by atoms with E-state index in [9.17, 15) is 0 Å². The van der Waals surface area contributed by atoms with Crippen molar-refractivity contribution >= 4 is 44.3 Å². The molecule has 0 fully saturated rings. The molecule has 1 unspecified atom stereocenters. The second kappa shape index (κ2) is 6.52. The molecule has 3 rings (SSSR count). The zero-order valence-electron chi connectivity index (χ0n) is 10.6. The fourth-order valence-corrected chi connectivity index (χ4v) is 3.92. The number of pyridine rings is 1. The third-order valence-electron chi connectivity index (χ3n) is 2.96. The first-order chi connectivity index (χ1) is 9.83. The van der Waals surface area contributed by atoms with E-state index in [4.69, 9.17) is 0 Å². The molecule has 0 aliphatic rings. The summed E-state index contributed by atoms with van der Waals surface area (Å²) >= 11 is 7.08. The Labute approximate surface area is 134 Å². The molecule has 3 heterocycles. The van der Waals surface area contributed by atoms with Crippen molar-refractivity contribution < 1.29 is 0 Å². The van der Waals surface area contributed by atoms with E-state index >= 15 is 0 Å². The molecule has 1 N–H and O–H groups in total. The fourth-order valence-electron chi connectivity index (χ4n) is 2.02. The molecule has 0 amide bonds. The number of nitrogens with zero attached hydrogens (tertiary/aromatic N) is 1. The fraction of sp³-hybridized carbons (Fsp3) is 0.133. The van der Waals surface area contributed by atoms with Crippen molar-refractivity contribution in [2.75, 3.05) is 5.32 Å². The molecule has 0 aromatic carbocycles. The summed E-state index contributed by atoms with van der Waals surface area (Å²) in [5.74, 6) is 0. The lowest BCUT2D eigenvalue weighted by atomic mass is 10.1. The maximum absolute atomic E-state index is 4.27. The van der Waals surface area contributed by atoms with Crippen molar-refractivity contribution in [3.8, 4) is 0 Å². The van der Waals surface area contributed by atoms with Crippen LogP contribution in [0.3, 0.4) is 0 Å². The first-order valence-corrected chi connectivity index (χ1v) is 8.81. The molecule has 0 radical (unpaired) electrons. The van der Waals surface area contributed by atoms with Gasteiger partial charge in [-0.25, -0.2) is 4.98 Å². The van der Waals surface area contributed by atoms with Crippen LogP contribution in [0.1, 0.15) is 15.8 Å². The minimum absolute atomic E-state index is 0.272. The predicted octanol–water partition coefficient (Wildman–Crippen LogP) is 5.36. The first-order valence-electron chi connectivity index (χ1n) is 6.26. The van der Waals surface area contributed by atoms with Gasteiger partial charge in [0.2, 0.25) is 0 Å². The molecular weight excluding hydrogens is 352 g/mol. The van der Waals surface area contributed by atoms with Crippen LogP contribution in [0.15, 0.2) is 58.0 Å². The topological polar surface area (TPSA) is 24.9 Å². The van der Waals surface area contributed by atoms with E-state index in [-0.39, 0.29) is 6.04 Å². The van der Waals surface area contributed by atoms with Gasteiger partial charge in [0.15, 0.2) is 0 Å². The third-order valence-corrected chi connectivity index (χ3v) is 5.48. The molecule has 5 heteroatoms. The van der Waals surface area contributed by atoms with Crippen LogP contribution in [0.4, 0.5) is 5.69 Å². The Morgan fingerprint density at radius 2 is 1.95 bits per heavy atom. The quantitative estimate of drug-likeness (QED) is 0.616. The van der Waals surface area contributed by atoms with Gasteiger partial charge < -0.3 is 5.32 Å². The van der Waals surface area contributed by atoms with Gasteiger partial charge in [-0.2, -0.15) is 0 Å². The van der Waals surface area contributed by atoms with Crippen molar-refractivity contribution in [1.82, 2.24) is 4.98 Å². The average molecular weight is 365 g/mol. The summed E-state index contributed by atoms with van der Waals surface area (Å²) in [6.45, 7) is 0. The van der Waals surface area contributed by atoms with E-state index in [0.717, 1.165) is 16.7 Å². The van der Waals surface area contributed by atoms with E-state index in [0.29, 0.717) is 0 Å². The molecule has 0 bridgehead atoms. The van der Waals surface area contributed by atoms with Crippen LogP contribution in [0.2, 0.25) is 0 Å². The molecule has 2 nitrogen and oxygen atoms in total. The highest BCUT2D eigenvalue weighted by molar-refractivity contribution is 9.10. The highest BCUT2D eigenvalue weighted by Gasteiger charge is 2.15. The summed E-state index contributed by atoms with van der Waals surface area (Å²) in [7, 11) is 0. The summed E-state index contributed by atoms with van der Waals surface area (Å²) in [5.41, 5.74) is 1.03. The van der Waals surface area contributed by atoms with E-state index in [2.05, 4.69) is 61.3 Å². The number of hydrogen-bond donors (Lipinski definition) is 1. The number of nitrogens with one attached hydrogen (secondary N) is 1. The number of anilines is 1. The van der Waals surface area contributed by atoms with Crippen LogP contribution in [0, 0.1) is 0 Å². The number of thiophene rings is 2. The minimum atomic E-state index is 0.272. The molecular formula is C15H13BrN2S2. The van der Waals surface area contributed by atoms with Gasteiger partial charge >= 0.3 is 0 Å². The Hall–Kier alpha value is -1.17. The Morgan fingerprint density at radius 1 is 1.10 bits per heavy atom. The van der Waals surface area contributed by atoms with Crippen molar-refractivity contribution in [1.29, 1.82) is 0 Å². The number of hydrogen-bond acceptors (Lipinski definition) is 4. The van der Waals surface area contributed by atoms with Gasteiger partial charge in [-0.15, -0.1) is 22.7 Å². The average Bonchev–Trinajstić information content (AvgIpc) is 3.12. The van der Waals surface area contributed by atoms with Gasteiger partial charge in [-0.05, 0) is 51.0 Å². The summed E-state index contributed by atoms with van der Waals surface area (Å²) in [6, 6.07) is 12.8. The van der Waals surface area contributed by atoms with Gasteiger partial charge in [0.05, 0.1) is 11.7 Å². The van der Waals surface area contributed by atoms with E-state index in [1.54, 1.807) is 28.9 Å². The van der Waals surface area contributed by atoms with Crippen LogP contribution < -0.4 is 5.32 Å². The molecule has 0 saturated heterocycles. The van der Waals surface area contributed by atoms with Crippen molar-refractivity contribution in [3.05, 3.63) is 67.7 Å². The monoisotopic (exact) mass is 364 g/mol. The summed E-state index contributed by atoms with van der Waals surface area (Å²) in [4.78, 5) is 7.00. The van der Waals surface area contributed by atoms with E-state index in [1.807, 2.05) is 12.1 Å². The number of halogens is 1. The first kappa shape index (κ1) is 13.8. The van der Waals surface area contributed by atoms with Gasteiger partial charge in [-0.3, -0.25) is 0 Å². The van der Waals surface area contributed by atoms with Gasteiger partial charge in [0.25, 0.3) is 0 Å². The van der Waals surface area contributed by atoms with Gasteiger partial charge in [0.1, 0.15) is 4.60 Å². The number of rotatable bonds is 5.